The maximum atomic E-state index is 12.2. The summed E-state index contributed by atoms with van der Waals surface area (Å²) in [4.78, 5) is 12.2. The van der Waals surface area contributed by atoms with Crippen LogP contribution in [-0.2, 0) is 16.0 Å². The quantitative estimate of drug-likeness (QED) is 0.222. The second-order valence-electron chi connectivity index (χ2n) is 7.54. The molecular weight excluding hydrogens is 396 g/mol. The molecule has 0 fully saturated rings. The third-order valence-corrected chi connectivity index (χ3v) is 5.28. The molecule has 4 aromatic rings. The lowest BCUT2D eigenvalue weighted by atomic mass is 9.96. The molecule has 0 radical (unpaired) electrons. The van der Waals surface area contributed by atoms with Crippen LogP contribution in [-0.4, -0.2) is 12.6 Å². The fourth-order valence-electron chi connectivity index (χ4n) is 3.64. The van der Waals surface area contributed by atoms with E-state index in [1.807, 2.05) is 61.5 Å². The molecule has 32 heavy (non-hydrogen) atoms. The third kappa shape index (κ3) is 5.64. The van der Waals surface area contributed by atoms with Crippen LogP contribution in [0.2, 0.25) is 0 Å². The van der Waals surface area contributed by atoms with Crippen LogP contribution in [0.3, 0.4) is 0 Å². The van der Waals surface area contributed by atoms with Gasteiger partial charge in [-0.25, -0.2) is 4.79 Å². The average molecular weight is 423 g/mol. The Morgan fingerprint density at radius 2 is 1.47 bits per heavy atom. The number of esters is 1. The molecule has 0 aliphatic rings. The standard InChI is InChI=1S/C29H26O3/c1-2-31-29(30)21-26(25-17-16-23-8-6-7-9-24(23)20-25)15-12-22-13-18-28(19-14-22)32-27-10-4-3-5-11-27/h3-11,13-14,16-21H,2,12,15H2,1H3. The third-order valence-electron chi connectivity index (χ3n) is 5.28. The van der Waals surface area contributed by atoms with E-state index < -0.39 is 0 Å². The number of ether oxygens (including phenoxy) is 2. The van der Waals surface area contributed by atoms with Crippen molar-refractivity contribution in [3.05, 3.63) is 114 Å². The summed E-state index contributed by atoms with van der Waals surface area (Å²) < 4.78 is 11.0. The summed E-state index contributed by atoms with van der Waals surface area (Å²) in [5.74, 6) is 1.32. The van der Waals surface area contributed by atoms with Gasteiger partial charge in [-0.05, 0) is 77.6 Å². The first-order valence-corrected chi connectivity index (χ1v) is 10.9. The van der Waals surface area contributed by atoms with Gasteiger partial charge >= 0.3 is 5.97 Å². The van der Waals surface area contributed by atoms with Gasteiger partial charge in [0, 0.05) is 6.08 Å². The molecule has 0 aliphatic carbocycles. The summed E-state index contributed by atoms with van der Waals surface area (Å²) in [6.07, 6.45) is 3.17. The number of allylic oxidation sites excluding steroid dienone is 1. The molecule has 0 spiro atoms. The molecule has 3 heteroatoms. The summed E-state index contributed by atoms with van der Waals surface area (Å²) in [6.45, 7) is 2.18. The first-order chi connectivity index (χ1) is 15.7. The van der Waals surface area contributed by atoms with Crippen LogP contribution in [0.1, 0.15) is 24.5 Å². The van der Waals surface area contributed by atoms with E-state index in [1.54, 1.807) is 6.08 Å². The van der Waals surface area contributed by atoms with E-state index in [1.165, 1.54) is 10.9 Å². The van der Waals surface area contributed by atoms with Gasteiger partial charge < -0.3 is 9.47 Å². The largest absolute Gasteiger partial charge is 0.463 e. The molecule has 0 aliphatic heterocycles. The van der Waals surface area contributed by atoms with Crippen molar-refractivity contribution in [2.24, 2.45) is 0 Å². The molecule has 0 aromatic heterocycles. The molecule has 0 N–H and O–H groups in total. The van der Waals surface area contributed by atoms with Crippen LogP contribution in [0, 0.1) is 0 Å². The topological polar surface area (TPSA) is 35.5 Å². The van der Waals surface area contributed by atoms with Crippen molar-refractivity contribution in [1.29, 1.82) is 0 Å². The first kappa shape index (κ1) is 21.4. The Bertz CT molecular complexity index is 1210. The molecule has 0 unspecified atom stereocenters. The summed E-state index contributed by atoms with van der Waals surface area (Å²) in [5, 5.41) is 2.34. The molecule has 0 atom stereocenters. The molecule has 4 rings (SSSR count). The number of hydrogen-bond donors (Lipinski definition) is 0. The normalized spacial score (nSPS) is 11.3. The maximum Gasteiger partial charge on any atom is 0.331 e. The van der Waals surface area contributed by atoms with Crippen molar-refractivity contribution in [2.45, 2.75) is 19.8 Å². The number of rotatable bonds is 8. The van der Waals surface area contributed by atoms with Crippen LogP contribution in [0.4, 0.5) is 0 Å². The predicted octanol–water partition coefficient (Wildman–Crippen LogP) is 7.21. The van der Waals surface area contributed by atoms with Crippen molar-refractivity contribution in [1.82, 2.24) is 0 Å². The van der Waals surface area contributed by atoms with Gasteiger partial charge in [0.15, 0.2) is 0 Å². The lowest BCUT2D eigenvalue weighted by molar-refractivity contribution is -0.137. The van der Waals surface area contributed by atoms with Crippen molar-refractivity contribution < 1.29 is 14.3 Å². The van der Waals surface area contributed by atoms with E-state index in [0.717, 1.165) is 40.9 Å². The van der Waals surface area contributed by atoms with E-state index >= 15 is 0 Å². The number of para-hydroxylation sites is 1. The maximum absolute atomic E-state index is 12.2. The van der Waals surface area contributed by atoms with Gasteiger partial charge in [0.1, 0.15) is 11.5 Å². The van der Waals surface area contributed by atoms with Crippen LogP contribution in [0.25, 0.3) is 16.3 Å². The van der Waals surface area contributed by atoms with Gasteiger partial charge in [0.05, 0.1) is 6.61 Å². The monoisotopic (exact) mass is 422 g/mol. The Morgan fingerprint density at radius 1 is 0.781 bits per heavy atom. The minimum atomic E-state index is -0.303. The molecular formula is C29H26O3. The highest BCUT2D eigenvalue weighted by molar-refractivity contribution is 5.93. The van der Waals surface area contributed by atoms with Crippen molar-refractivity contribution in [3.63, 3.8) is 0 Å². The smallest absolute Gasteiger partial charge is 0.331 e. The number of aryl methyl sites for hydroxylation is 1. The van der Waals surface area contributed by atoms with E-state index in [4.69, 9.17) is 9.47 Å². The number of carbonyl (C=O) groups is 1. The predicted molar refractivity (Wildman–Crippen MR) is 130 cm³/mol. The fraction of sp³-hybridized carbons (Fsp3) is 0.138. The number of benzene rings is 4. The lowest BCUT2D eigenvalue weighted by Crippen LogP contribution is -2.02. The molecule has 4 aromatic carbocycles. The second kappa shape index (κ2) is 10.5. The average Bonchev–Trinajstić information content (AvgIpc) is 2.83. The Hall–Kier alpha value is -3.85. The molecule has 0 saturated heterocycles. The second-order valence-corrected chi connectivity index (χ2v) is 7.54. The van der Waals surface area contributed by atoms with Gasteiger partial charge in [-0.15, -0.1) is 0 Å². The Kier molecular flexibility index (Phi) is 6.98. The minimum Gasteiger partial charge on any atom is -0.463 e. The van der Waals surface area contributed by atoms with E-state index in [9.17, 15) is 4.79 Å². The van der Waals surface area contributed by atoms with Crippen LogP contribution in [0.5, 0.6) is 11.5 Å². The Balaban J connectivity index is 1.50. The van der Waals surface area contributed by atoms with Crippen LogP contribution < -0.4 is 4.74 Å². The van der Waals surface area contributed by atoms with E-state index in [2.05, 4.69) is 42.5 Å². The summed E-state index contributed by atoms with van der Waals surface area (Å²) in [7, 11) is 0. The lowest BCUT2D eigenvalue weighted by Gasteiger charge is -2.11. The highest BCUT2D eigenvalue weighted by Gasteiger charge is 2.08. The highest BCUT2D eigenvalue weighted by atomic mass is 16.5. The minimum absolute atomic E-state index is 0.303. The molecule has 160 valence electrons. The molecule has 0 saturated carbocycles. The van der Waals surface area contributed by atoms with Crippen LogP contribution >= 0.6 is 0 Å². The van der Waals surface area contributed by atoms with E-state index in [-0.39, 0.29) is 5.97 Å². The number of carbonyl (C=O) groups excluding carboxylic acids is 1. The van der Waals surface area contributed by atoms with Crippen molar-refractivity contribution in [2.75, 3.05) is 6.61 Å². The number of fused-ring (bicyclic) bond motifs is 1. The summed E-state index contributed by atoms with van der Waals surface area (Å²) >= 11 is 0. The zero-order chi connectivity index (χ0) is 22.2. The first-order valence-electron chi connectivity index (χ1n) is 10.9. The SMILES string of the molecule is CCOC(=O)C=C(CCc1ccc(Oc2ccccc2)cc1)c1ccc2ccccc2c1. The van der Waals surface area contributed by atoms with Crippen molar-refractivity contribution in [3.8, 4) is 11.5 Å². The molecule has 0 heterocycles. The molecule has 3 nitrogen and oxygen atoms in total. The Labute approximate surface area is 188 Å². The van der Waals surface area contributed by atoms with Gasteiger partial charge in [-0.3, -0.25) is 0 Å². The Morgan fingerprint density at radius 3 is 2.22 bits per heavy atom. The van der Waals surface area contributed by atoms with E-state index in [0.29, 0.717) is 6.61 Å². The summed E-state index contributed by atoms with van der Waals surface area (Å²) in [5.41, 5.74) is 3.19. The summed E-state index contributed by atoms with van der Waals surface area (Å²) in [6, 6.07) is 32.4. The van der Waals surface area contributed by atoms with Crippen molar-refractivity contribution >= 4 is 22.3 Å². The van der Waals surface area contributed by atoms with Gasteiger partial charge in [-0.2, -0.15) is 0 Å². The van der Waals surface area contributed by atoms with Gasteiger partial charge in [0.25, 0.3) is 0 Å². The molecule has 0 bridgehead atoms. The molecule has 0 amide bonds. The van der Waals surface area contributed by atoms with Crippen LogP contribution in [0.15, 0.2) is 103 Å². The number of hydrogen-bond acceptors (Lipinski definition) is 3. The zero-order valence-corrected chi connectivity index (χ0v) is 18.2. The highest BCUT2D eigenvalue weighted by Crippen LogP contribution is 2.26. The van der Waals surface area contributed by atoms with Gasteiger partial charge in [-0.1, -0.05) is 66.7 Å². The fourth-order valence-corrected chi connectivity index (χ4v) is 3.64. The van der Waals surface area contributed by atoms with Gasteiger partial charge in [0.2, 0.25) is 0 Å². The zero-order valence-electron chi connectivity index (χ0n) is 18.2.